The topological polar surface area (TPSA) is 51.8 Å². The van der Waals surface area contributed by atoms with Crippen LogP contribution < -0.4 is 0 Å². The molecule has 8 aromatic carbocycles. The molecule has 12 aromatic rings. The van der Waals surface area contributed by atoms with Gasteiger partial charge in [-0.25, -0.2) is 15.0 Å². The minimum absolute atomic E-state index is 0.710. The Kier molecular flexibility index (Phi) is 8.00. The van der Waals surface area contributed by atoms with Gasteiger partial charge in [-0.15, -0.1) is 11.3 Å². The van der Waals surface area contributed by atoms with Crippen molar-refractivity contribution in [3.8, 4) is 67.4 Å². The van der Waals surface area contributed by atoms with Crippen molar-refractivity contribution in [1.29, 1.82) is 0 Å². The van der Waals surface area contributed by atoms with Gasteiger partial charge in [0.15, 0.2) is 5.82 Å². The molecule has 0 aliphatic heterocycles. The van der Waals surface area contributed by atoms with Gasteiger partial charge in [0.25, 0.3) is 0 Å². The van der Waals surface area contributed by atoms with E-state index in [4.69, 9.17) is 19.4 Å². The fourth-order valence-electron chi connectivity index (χ4n) is 8.55. The van der Waals surface area contributed by atoms with Crippen LogP contribution in [0.1, 0.15) is 0 Å². The lowest BCUT2D eigenvalue weighted by Gasteiger charge is -2.11. The number of hydrogen-bond acceptors (Lipinski definition) is 5. The third-order valence-corrected chi connectivity index (χ3v) is 12.7. The first-order chi connectivity index (χ1) is 29.7. The van der Waals surface area contributed by atoms with Gasteiger partial charge >= 0.3 is 0 Å². The van der Waals surface area contributed by atoms with Crippen LogP contribution in [-0.2, 0) is 0 Å². The number of pyridine rings is 1. The number of fused-ring (bicyclic) bond motifs is 8. The van der Waals surface area contributed by atoms with Gasteiger partial charge in [-0.3, -0.25) is 0 Å². The monoisotopic (exact) mass is 783 g/mol. The normalized spacial score (nSPS) is 11.7. The Balaban J connectivity index is 0.928. The molecule has 0 aliphatic carbocycles. The Bertz CT molecular complexity index is 3520. The summed E-state index contributed by atoms with van der Waals surface area (Å²) >= 11 is 1.81. The molecule has 4 aromatic heterocycles. The molecule has 0 N–H and O–H groups in total. The molecule has 0 atom stereocenters. The zero-order valence-electron chi connectivity index (χ0n) is 32.2. The van der Waals surface area contributed by atoms with Crippen LogP contribution in [0.3, 0.4) is 0 Å². The standard InChI is InChI=1S/C55H33N3OS/c1-3-12-36(13-4-1)46-33-47(58-55(57-46)39-14-5-2-6-15-39)37-26-22-34(23-27-37)35-24-28-38(29-25-35)52-54-51(45-17-8-10-21-50(45)60-54)44-31-30-40(32-48(44)56-52)41-18-11-19-43-42-16-7-9-20-49(42)59-53(41)43/h1-33H. The third-order valence-electron chi connectivity index (χ3n) is 11.5. The number of para-hydroxylation sites is 2. The zero-order valence-corrected chi connectivity index (χ0v) is 33.0. The summed E-state index contributed by atoms with van der Waals surface area (Å²) in [5, 5.41) is 5.90. The number of furan rings is 1. The van der Waals surface area contributed by atoms with E-state index in [9.17, 15) is 0 Å². The average Bonchev–Trinajstić information content (AvgIpc) is 3.91. The van der Waals surface area contributed by atoms with Crippen molar-refractivity contribution in [3.63, 3.8) is 0 Å². The Morgan fingerprint density at radius 2 is 0.967 bits per heavy atom. The quantitative estimate of drug-likeness (QED) is 0.169. The number of rotatable bonds is 6. The van der Waals surface area contributed by atoms with Crippen molar-refractivity contribution >= 4 is 64.4 Å². The maximum atomic E-state index is 6.45. The van der Waals surface area contributed by atoms with E-state index in [1.165, 1.54) is 20.2 Å². The van der Waals surface area contributed by atoms with Crippen LogP contribution in [0.2, 0.25) is 0 Å². The van der Waals surface area contributed by atoms with Crippen LogP contribution in [0, 0.1) is 0 Å². The summed E-state index contributed by atoms with van der Waals surface area (Å²) in [5.41, 5.74) is 14.1. The summed E-state index contributed by atoms with van der Waals surface area (Å²) < 4.78 is 8.91. The highest BCUT2D eigenvalue weighted by Crippen LogP contribution is 2.44. The number of thiophene rings is 1. The van der Waals surface area contributed by atoms with Crippen molar-refractivity contribution < 1.29 is 4.42 Å². The molecule has 0 saturated heterocycles. The van der Waals surface area contributed by atoms with Crippen molar-refractivity contribution in [3.05, 3.63) is 200 Å². The molecule has 0 unspecified atom stereocenters. The molecule has 280 valence electrons. The van der Waals surface area contributed by atoms with E-state index in [2.05, 4.69) is 152 Å². The van der Waals surface area contributed by atoms with E-state index in [0.717, 1.165) is 94.4 Å². The molecule has 0 radical (unpaired) electrons. The highest BCUT2D eigenvalue weighted by atomic mass is 32.1. The molecule has 60 heavy (non-hydrogen) atoms. The minimum atomic E-state index is 0.710. The first-order valence-electron chi connectivity index (χ1n) is 20.1. The molecule has 12 rings (SSSR count). The maximum Gasteiger partial charge on any atom is 0.160 e. The molecule has 0 amide bonds. The number of benzene rings is 8. The van der Waals surface area contributed by atoms with E-state index in [-0.39, 0.29) is 0 Å². The Labute approximate surface area is 349 Å². The fourth-order valence-corrected chi connectivity index (χ4v) is 9.78. The molecular weight excluding hydrogens is 751 g/mol. The predicted octanol–water partition coefficient (Wildman–Crippen LogP) is 15.3. The van der Waals surface area contributed by atoms with Crippen LogP contribution in [0.25, 0.3) is 120 Å². The number of aromatic nitrogens is 3. The smallest absolute Gasteiger partial charge is 0.160 e. The molecule has 0 bridgehead atoms. The lowest BCUT2D eigenvalue weighted by atomic mass is 9.97. The van der Waals surface area contributed by atoms with E-state index in [0.29, 0.717) is 5.82 Å². The summed E-state index contributed by atoms with van der Waals surface area (Å²) in [7, 11) is 0. The van der Waals surface area contributed by atoms with E-state index in [1.54, 1.807) is 0 Å². The SMILES string of the molecule is c1ccc(-c2cc(-c3ccc(-c4ccc(-c5nc6cc(-c7cccc8c7oc7ccccc78)ccc6c6c5sc5ccccc56)cc4)cc3)nc(-c3ccccc3)n2)cc1. The number of hydrogen-bond donors (Lipinski definition) is 0. The van der Waals surface area contributed by atoms with Crippen LogP contribution in [0.15, 0.2) is 205 Å². The predicted molar refractivity (Wildman–Crippen MR) is 250 cm³/mol. The van der Waals surface area contributed by atoms with Gasteiger partial charge in [-0.2, -0.15) is 0 Å². The third kappa shape index (κ3) is 5.78. The van der Waals surface area contributed by atoms with Crippen LogP contribution in [0.4, 0.5) is 0 Å². The maximum absolute atomic E-state index is 6.45. The molecule has 0 saturated carbocycles. The van der Waals surface area contributed by atoms with E-state index >= 15 is 0 Å². The van der Waals surface area contributed by atoms with Gasteiger partial charge < -0.3 is 4.42 Å². The second-order valence-corrected chi connectivity index (χ2v) is 16.2. The summed E-state index contributed by atoms with van der Waals surface area (Å²) in [4.78, 5) is 15.4. The van der Waals surface area contributed by atoms with E-state index < -0.39 is 0 Å². The largest absolute Gasteiger partial charge is 0.455 e. The van der Waals surface area contributed by atoms with Crippen LogP contribution in [0.5, 0.6) is 0 Å². The second-order valence-electron chi connectivity index (χ2n) is 15.1. The summed E-state index contributed by atoms with van der Waals surface area (Å²) in [6.45, 7) is 0. The van der Waals surface area contributed by atoms with Gasteiger partial charge in [0.05, 0.1) is 27.3 Å². The highest BCUT2D eigenvalue weighted by molar-refractivity contribution is 7.26. The van der Waals surface area contributed by atoms with Gasteiger partial charge in [0.2, 0.25) is 0 Å². The van der Waals surface area contributed by atoms with E-state index in [1.807, 2.05) is 59.9 Å². The van der Waals surface area contributed by atoms with Gasteiger partial charge in [-0.05, 0) is 41.0 Å². The minimum Gasteiger partial charge on any atom is -0.455 e. The van der Waals surface area contributed by atoms with Crippen molar-refractivity contribution in [2.24, 2.45) is 0 Å². The van der Waals surface area contributed by atoms with Crippen molar-refractivity contribution in [1.82, 2.24) is 15.0 Å². The summed E-state index contributed by atoms with van der Waals surface area (Å²) in [5.74, 6) is 0.710. The van der Waals surface area contributed by atoms with Gasteiger partial charge in [0, 0.05) is 59.4 Å². The first kappa shape index (κ1) is 34.3. The van der Waals surface area contributed by atoms with Crippen LogP contribution >= 0.6 is 11.3 Å². The molecule has 0 aliphatic rings. The van der Waals surface area contributed by atoms with Crippen molar-refractivity contribution in [2.75, 3.05) is 0 Å². The van der Waals surface area contributed by atoms with Crippen molar-refractivity contribution in [2.45, 2.75) is 0 Å². The lowest BCUT2D eigenvalue weighted by Crippen LogP contribution is -1.95. The number of nitrogens with zero attached hydrogens (tertiary/aromatic N) is 3. The van der Waals surface area contributed by atoms with Gasteiger partial charge in [0.1, 0.15) is 11.2 Å². The fraction of sp³-hybridized carbons (Fsp3) is 0. The molecule has 4 nitrogen and oxygen atoms in total. The Morgan fingerprint density at radius 3 is 1.72 bits per heavy atom. The zero-order chi connectivity index (χ0) is 39.6. The lowest BCUT2D eigenvalue weighted by molar-refractivity contribution is 0.670. The highest BCUT2D eigenvalue weighted by Gasteiger charge is 2.19. The summed E-state index contributed by atoms with van der Waals surface area (Å²) in [6.07, 6.45) is 0. The molecular formula is C55H33N3OS. The summed E-state index contributed by atoms with van der Waals surface area (Å²) in [6, 6.07) is 70.1. The van der Waals surface area contributed by atoms with Gasteiger partial charge in [-0.1, -0.05) is 176 Å². The first-order valence-corrected chi connectivity index (χ1v) is 20.9. The molecule has 4 heterocycles. The Hall–Kier alpha value is -7.73. The Morgan fingerprint density at radius 1 is 0.383 bits per heavy atom. The average molecular weight is 784 g/mol. The molecule has 0 spiro atoms. The second kappa shape index (κ2) is 14.0. The molecule has 0 fully saturated rings. The molecule has 5 heteroatoms. The van der Waals surface area contributed by atoms with Crippen LogP contribution in [-0.4, -0.2) is 15.0 Å².